The van der Waals surface area contributed by atoms with Crippen molar-refractivity contribution in [3.8, 4) is 28.6 Å². The number of nitrogens with one attached hydrogen (secondary N) is 1. The minimum atomic E-state index is -0.343. The molecule has 154 valence electrons. The van der Waals surface area contributed by atoms with Gasteiger partial charge in [-0.3, -0.25) is 4.79 Å². The van der Waals surface area contributed by atoms with Crippen molar-refractivity contribution in [2.45, 2.75) is 0 Å². The van der Waals surface area contributed by atoms with Gasteiger partial charge in [0, 0.05) is 28.9 Å². The molecule has 0 saturated heterocycles. The third-order valence-corrected chi connectivity index (χ3v) is 4.42. The Hall–Kier alpha value is -4.26. The summed E-state index contributed by atoms with van der Waals surface area (Å²) < 4.78 is 23.7. The lowest BCUT2D eigenvalue weighted by molar-refractivity contribution is 0.102. The minimum Gasteiger partial charge on any atom is -0.497 e. The molecule has 0 spiro atoms. The van der Waals surface area contributed by atoms with Crippen LogP contribution in [0.25, 0.3) is 11.3 Å². The highest BCUT2D eigenvalue weighted by atomic mass is 19.1. The summed E-state index contributed by atoms with van der Waals surface area (Å²) in [6, 6.07) is 23.2. The fraction of sp³-hybridized carbons (Fsp3) is 0.0417. The monoisotopic (exact) mass is 415 g/mol. The Bertz CT molecular complexity index is 1200. The van der Waals surface area contributed by atoms with E-state index in [2.05, 4.69) is 15.5 Å². The molecule has 31 heavy (non-hydrogen) atoms. The molecule has 0 radical (unpaired) electrons. The standard InChI is InChI=1S/C24H18FN3O3/c1-30-21-7-3-6-19(15-21)26-24(29)17-5-2-4-16(14-17)22-12-13-23(28-27-22)31-20-10-8-18(25)9-11-20/h2-15H,1H3,(H,26,29). The van der Waals surface area contributed by atoms with Crippen LogP contribution in [-0.2, 0) is 0 Å². The Balaban J connectivity index is 1.48. The van der Waals surface area contributed by atoms with E-state index >= 15 is 0 Å². The molecule has 0 fully saturated rings. The highest BCUT2D eigenvalue weighted by Gasteiger charge is 2.10. The number of methoxy groups -OCH3 is 1. The lowest BCUT2D eigenvalue weighted by Gasteiger charge is -2.08. The summed E-state index contributed by atoms with van der Waals surface area (Å²) in [7, 11) is 1.57. The van der Waals surface area contributed by atoms with E-state index in [1.165, 1.54) is 24.3 Å². The van der Waals surface area contributed by atoms with Gasteiger partial charge in [-0.05, 0) is 54.6 Å². The van der Waals surface area contributed by atoms with Crippen LogP contribution in [0.15, 0.2) is 84.9 Å². The van der Waals surface area contributed by atoms with Crippen molar-refractivity contribution in [1.29, 1.82) is 0 Å². The minimum absolute atomic E-state index is 0.251. The molecule has 0 saturated carbocycles. The summed E-state index contributed by atoms with van der Waals surface area (Å²) >= 11 is 0. The molecule has 0 aliphatic carbocycles. The molecule has 0 unspecified atom stereocenters. The van der Waals surface area contributed by atoms with Gasteiger partial charge in [0.05, 0.1) is 12.8 Å². The molecule has 1 aromatic heterocycles. The first-order chi connectivity index (χ1) is 15.1. The van der Waals surface area contributed by atoms with Gasteiger partial charge < -0.3 is 14.8 Å². The fourth-order valence-corrected chi connectivity index (χ4v) is 2.88. The Labute approximate surface area is 178 Å². The highest BCUT2D eigenvalue weighted by molar-refractivity contribution is 6.05. The van der Waals surface area contributed by atoms with E-state index in [-0.39, 0.29) is 17.6 Å². The van der Waals surface area contributed by atoms with Gasteiger partial charge in [-0.1, -0.05) is 18.2 Å². The average molecular weight is 415 g/mol. The summed E-state index contributed by atoms with van der Waals surface area (Å²) in [5, 5.41) is 11.1. The van der Waals surface area contributed by atoms with Crippen molar-refractivity contribution in [2.75, 3.05) is 12.4 Å². The van der Waals surface area contributed by atoms with Gasteiger partial charge in [0.2, 0.25) is 5.88 Å². The number of hydrogen-bond donors (Lipinski definition) is 1. The van der Waals surface area contributed by atoms with E-state index in [1.54, 1.807) is 61.7 Å². The quantitative estimate of drug-likeness (QED) is 0.460. The van der Waals surface area contributed by atoms with E-state index in [0.29, 0.717) is 28.4 Å². The van der Waals surface area contributed by atoms with Crippen molar-refractivity contribution in [1.82, 2.24) is 10.2 Å². The largest absolute Gasteiger partial charge is 0.497 e. The van der Waals surface area contributed by atoms with E-state index in [9.17, 15) is 9.18 Å². The third kappa shape index (κ3) is 5.02. The maximum Gasteiger partial charge on any atom is 0.255 e. The SMILES string of the molecule is COc1cccc(NC(=O)c2cccc(-c3ccc(Oc4ccc(F)cc4)nn3)c2)c1. The highest BCUT2D eigenvalue weighted by Crippen LogP contribution is 2.23. The number of carbonyl (C=O) groups excluding carboxylic acids is 1. The first-order valence-corrected chi connectivity index (χ1v) is 9.44. The van der Waals surface area contributed by atoms with Crippen LogP contribution >= 0.6 is 0 Å². The molecule has 0 aliphatic rings. The summed E-state index contributed by atoms with van der Waals surface area (Å²) in [5.41, 5.74) is 2.44. The van der Waals surface area contributed by atoms with Gasteiger partial charge >= 0.3 is 0 Å². The zero-order valence-electron chi connectivity index (χ0n) is 16.6. The van der Waals surface area contributed by atoms with Gasteiger partial charge in [-0.15, -0.1) is 10.2 Å². The number of anilines is 1. The molecule has 1 amide bonds. The van der Waals surface area contributed by atoms with Crippen molar-refractivity contribution >= 4 is 11.6 Å². The van der Waals surface area contributed by atoms with Crippen molar-refractivity contribution in [3.05, 3.63) is 96.3 Å². The average Bonchev–Trinajstić information content (AvgIpc) is 2.81. The predicted molar refractivity (Wildman–Crippen MR) is 115 cm³/mol. The second-order valence-electron chi connectivity index (χ2n) is 6.58. The maximum atomic E-state index is 13.0. The van der Waals surface area contributed by atoms with Gasteiger partial charge in [-0.25, -0.2) is 4.39 Å². The molecule has 4 rings (SSSR count). The number of carbonyl (C=O) groups is 1. The molecular formula is C24H18FN3O3. The van der Waals surface area contributed by atoms with Crippen LogP contribution in [0.2, 0.25) is 0 Å². The topological polar surface area (TPSA) is 73.3 Å². The van der Waals surface area contributed by atoms with Crippen LogP contribution < -0.4 is 14.8 Å². The van der Waals surface area contributed by atoms with Gasteiger partial charge in [-0.2, -0.15) is 0 Å². The van der Waals surface area contributed by atoms with Crippen molar-refractivity contribution in [3.63, 3.8) is 0 Å². The van der Waals surface area contributed by atoms with Crippen LogP contribution in [0.5, 0.6) is 17.4 Å². The number of rotatable bonds is 6. The molecule has 1 heterocycles. The molecule has 4 aromatic rings. The number of nitrogens with zero attached hydrogens (tertiary/aromatic N) is 2. The molecule has 7 heteroatoms. The number of aromatic nitrogens is 2. The molecule has 0 aliphatic heterocycles. The predicted octanol–water partition coefficient (Wildman–Crippen LogP) is 5.34. The Morgan fingerprint density at radius 1 is 0.871 bits per heavy atom. The summed E-state index contributed by atoms with van der Waals surface area (Å²) in [6.45, 7) is 0. The van der Waals surface area contributed by atoms with Crippen molar-refractivity contribution in [2.24, 2.45) is 0 Å². The number of ether oxygens (including phenoxy) is 2. The van der Waals surface area contributed by atoms with Crippen LogP contribution in [0.3, 0.4) is 0 Å². The molecule has 6 nitrogen and oxygen atoms in total. The van der Waals surface area contributed by atoms with Gasteiger partial charge in [0.25, 0.3) is 5.91 Å². The molecule has 0 atom stereocenters. The smallest absolute Gasteiger partial charge is 0.255 e. The molecule has 3 aromatic carbocycles. The fourth-order valence-electron chi connectivity index (χ4n) is 2.88. The normalized spacial score (nSPS) is 10.4. The van der Waals surface area contributed by atoms with Crippen LogP contribution in [0, 0.1) is 5.82 Å². The van der Waals surface area contributed by atoms with Gasteiger partial charge in [0.15, 0.2) is 0 Å². The maximum absolute atomic E-state index is 13.0. The molecular weight excluding hydrogens is 397 g/mol. The van der Waals surface area contributed by atoms with E-state index in [1.807, 2.05) is 6.07 Å². The second kappa shape index (κ2) is 9.04. The van der Waals surface area contributed by atoms with Crippen LogP contribution in [0.4, 0.5) is 10.1 Å². The lowest BCUT2D eigenvalue weighted by Crippen LogP contribution is -2.12. The van der Waals surface area contributed by atoms with E-state index < -0.39 is 0 Å². The number of benzene rings is 3. The van der Waals surface area contributed by atoms with Crippen LogP contribution in [0.1, 0.15) is 10.4 Å². The van der Waals surface area contributed by atoms with Crippen molar-refractivity contribution < 1.29 is 18.7 Å². The summed E-state index contributed by atoms with van der Waals surface area (Å²) in [5.74, 6) is 0.801. The van der Waals surface area contributed by atoms with Gasteiger partial charge in [0.1, 0.15) is 17.3 Å². The number of halogens is 1. The van der Waals surface area contributed by atoms with E-state index in [4.69, 9.17) is 9.47 Å². The number of amides is 1. The second-order valence-corrected chi connectivity index (χ2v) is 6.58. The Kier molecular flexibility index (Phi) is 5.84. The third-order valence-electron chi connectivity index (χ3n) is 4.42. The zero-order valence-corrected chi connectivity index (χ0v) is 16.6. The Morgan fingerprint density at radius 2 is 1.68 bits per heavy atom. The zero-order chi connectivity index (χ0) is 21.6. The summed E-state index contributed by atoms with van der Waals surface area (Å²) in [4.78, 5) is 12.6. The molecule has 0 bridgehead atoms. The molecule has 1 N–H and O–H groups in total. The van der Waals surface area contributed by atoms with Crippen LogP contribution in [-0.4, -0.2) is 23.2 Å². The first kappa shape index (κ1) is 20.0. The first-order valence-electron chi connectivity index (χ1n) is 9.44. The number of hydrogen-bond acceptors (Lipinski definition) is 5. The van der Waals surface area contributed by atoms with E-state index in [0.717, 1.165) is 5.56 Å². The summed E-state index contributed by atoms with van der Waals surface area (Å²) in [6.07, 6.45) is 0. The lowest BCUT2D eigenvalue weighted by atomic mass is 10.1. The Morgan fingerprint density at radius 3 is 2.42 bits per heavy atom.